The van der Waals surface area contributed by atoms with Crippen LogP contribution in [0.25, 0.3) is 28.2 Å². The Bertz CT molecular complexity index is 1170. The SMILES string of the molecule is CCOC(=O)c1ccc(-n2c(-c3cccnc3N)nc3cnc(Cl)nc32)cc1. The second kappa shape index (κ2) is 7.24. The fourth-order valence-electron chi connectivity index (χ4n) is 2.85. The van der Waals surface area contributed by atoms with Gasteiger partial charge in [0.15, 0.2) is 11.5 Å². The molecule has 140 valence electrons. The van der Waals surface area contributed by atoms with Crippen LogP contribution in [0.3, 0.4) is 0 Å². The van der Waals surface area contributed by atoms with E-state index in [9.17, 15) is 4.79 Å². The molecule has 4 rings (SSSR count). The lowest BCUT2D eigenvalue weighted by molar-refractivity contribution is 0.0526. The Morgan fingerprint density at radius 3 is 2.68 bits per heavy atom. The summed E-state index contributed by atoms with van der Waals surface area (Å²) in [6.07, 6.45) is 3.15. The fourth-order valence-corrected chi connectivity index (χ4v) is 2.98. The zero-order valence-electron chi connectivity index (χ0n) is 14.8. The van der Waals surface area contributed by atoms with Crippen molar-refractivity contribution in [1.29, 1.82) is 0 Å². The Morgan fingerprint density at radius 1 is 1.18 bits per heavy atom. The van der Waals surface area contributed by atoms with Crippen LogP contribution in [0.1, 0.15) is 17.3 Å². The Kier molecular flexibility index (Phi) is 4.62. The maximum atomic E-state index is 11.9. The molecule has 0 atom stereocenters. The van der Waals surface area contributed by atoms with Gasteiger partial charge in [-0.25, -0.2) is 19.7 Å². The molecule has 3 heterocycles. The van der Waals surface area contributed by atoms with Crippen LogP contribution in [-0.4, -0.2) is 37.1 Å². The number of carbonyl (C=O) groups is 1. The zero-order chi connectivity index (χ0) is 19.7. The van der Waals surface area contributed by atoms with Crippen molar-refractivity contribution >= 4 is 34.6 Å². The number of pyridine rings is 1. The van der Waals surface area contributed by atoms with Crippen molar-refractivity contribution in [3.05, 3.63) is 59.6 Å². The average molecular weight is 395 g/mol. The van der Waals surface area contributed by atoms with Crippen LogP contribution in [0.2, 0.25) is 5.28 Å². The zero-order valence-corrected chi connectivity index (χ0v) is 15.6. The molecule has 28 heavy (non-hydrogen) atoms. The van der Waals surface area contributed by atoms with Crippen LogP contribution in [-0.2, 0) is 4.74 Å². The van der Waals surface area contributed by atoms with Gasteiger partial charge in [-0.2, -0.15) is 4.98 Å². The number of nitrogens with two attached hydrogens (primary N) is 1. The van der Waals surface area contributed by atoms with E-state index in [0.29, 0.717) is 40.5 Å². The number of ether oxygens (including phenoxy) is 1. The monoisotopic (exact) mass is 394 g/mol. The van der Waals surface area contributed by atoms with Crippen molar-refractivity contribution in [2.45, 2.75) is 6.92 Å². The average Bonchev–Trinajstić information content (AvgIpc) is 3.07. The van der Waals surface area contributed by atoms with Gasteiger partial charge in [0.1, 0.15) is 11.3 Å². The highest BCUT2D eigenvalue weighted by molar-refractivity contribution is 6.28. The third-order valence-electron chi connectivity index (χ3n) is 4.09. The normalized spacial score (nSPS) is 10.9. The number of esters is 1. The van der Waals surface area contributed by atoms with E-state index in [1.807, 2.05) is 6.07 Å². The number of rotatable bonds is 4. The summed E-state index contributed by atoms with van der Waals surface area (Å²) in [5.41, 5.74) is 8.95. The molecule has 0 aliphatic heterocycles. The number of hydrogen-bond acceptors (Lipinski definition) is 7. The van der Waals surface area contributed by atoms with Crippen molar-refractivity contribution in [2.75, 3.05) is 12.3 Å². The quantitative estimate of drug-likeness (QED) is 0.417. The number of benzene rings is 1. The van der Waals surface area contributed by atoms with E-state index in [2.05, 4.69) is 19.9 Å². The molecule has 0 aliphatic carbocycles. The Hall–Kier alpha value is -3.52. The van der Waals surface area contributed by atoms with E-state index < -0.39 is 0 Å². The first-order chi connectivity index (χ1) is 13.6. The molecule has 1 aromatic carbocycles. The third kappa shape index (κ3) is 3.14. The second-order valence-corrected chi connectivity index (χ2v) is 6.16. The Balaban J connectivity index is 1.92. The first-order valence-corrected chi connectivity index (χ1v) is 8.85. The van der Waals surface area contributed by atoms with E-state index in [4.69, 9.17) is 22.1 Å². The number of carbonyl (C=O) groups excluding carboxylic acids is 1. The van der Waals surface area contributed by atoms with Crippen molar-refractivity contribution in [2.24, 2.45) is 0 Å². The number of aromatic nitrogens is 5. The summed E-state index contributed by atoms with van der Waals surface area (Å²) < 4.78 is 6.83. The van der Waals surface area contributed by atoms with Gasteiger partial charge >= 0.3 is 5.97 Å². The van der Waals surface area contributed by atoms with Crippen LogP contribution in [0.15, 0.2) is 48.8 Å². The topological polar surface area (TPSA) is 109 Å². The molecule has 9 heteroatoms. The summed E-state index contributed by atoms with van der Waals surface area (Å²) in [5, 5.41) is 0.0995. The van der Waals surface area contributed by atoms with Crippen LogP contribution in [0, 0.1) is 0 Å². The van der Waals surface area contributed by atoms with Crippen LogP contribution in [0.5, 0.6) is 0 Å². The lowest BCUT2D eigenvalue weighted by atomic mass is 10.2. The molecule has 0 saturated carbocycles. The smallest absolute Gasteiger partial charge is 0.338 e. The minimum atomic E-state index is -0.383. The molecule has 3 aromatic heterocycles. The molecule has 0 spiro atoms. The van der Waals surface area contributed by atoms with Crippen molar-refractivity contribution in [3.63, 3.8) is 0 Å². The Morgan fingerprint density at radius 2 is 1.96 bits per heavy atom. The van der Waals surface area contributed by atoms with Crippen LogP contribution < -0.4 is 5.73 Å². The number of nitrogens with zero attached hydrogens (tertiary/aromatic N) is 5. The first-order valence-electron chi connectivity index (χ1n) is 8.48. The number of hydrogen-bond donors (Lipinski definition) is 1. The summed E-state index contributed by atoms with van der Waals surface area (Å²) in [6.45, 7) is 2.07. The molecule has 4 aromatic rings. The van der Waals surface area contributed by atoms with E-state index >= 15 is 0 Å². The lowest BCUT2D eigenvalue weighted by Crippen LogP contribution is -2.06. The molecule has 2 N–H and O–H groups in total. The first kappa shape index (κ1) is 17.9. The summed E-state index contributed by atoms with van der Waals surface area (Å²) in [5.74, 6) is 0.494. The minimum absolute atomic E-state index is 0.0995. The van der Waals surface area contributed by atoms with Gasteiger partial charge in [0.2, 0.25) is 5.28 Å². The molecule has 8 nitrogen and oxygen atoms in total. The maximum Gasteiger partial charge on any atom is 0.338 e. The van der Waals surface area contributed by atoms with E-state index in [1.165, 1.54) is 0 Å². The molecule has 0 aliphatic rings. The highest BCUT2D eigenvalue weighted by atomic mass is 35.5. The van der Waals surface area contributed by atoms with E-state index in [0.717, 1.165) is 5.69 Å². The van der Waals surface area contributed by atoms with Gasteiger partial charge in [-0.1, -0.05) is 0 Å². The van der Waals surface area contributed by atoms with Gasteiger partial charge in [0.05, 0.1) is 23.9 Å². The highest BCUT2D eigenvalue weighted by Gasteiger charge is 2.19. The molecule has 0 fully saturated rings. The molecule has 0 saturated heterocycles. The highest BCUT2D eigenvalue weighted by Crippen LogP contribution is 2.30. The van der Waals surface area contributed by atoms with Crippen LogP contribution in [0.4, 0.5) is 5.82 Å². The standard InChI is InChI=1S/C19H15ClN6O2/c1-2-28-18(27)11-5-7-12(8-6-11)26-16(13-4-3-9-22-15(13)21)24-14-10-23-19(20)25-17(14)26/h3-10H,2H2,1H3,(H2,21,22). The lowest BCUT2D eigenvalue weighted by Gasteiger charge is -2.10. The Labute approximate surface area is 165 Å². The number of anilines is 1. The molecule has 0 radical (unpaired) electrons. The number of fused-ring (bicyclic) bond motifs is 1. The minimum Gasteiger partial charge on any atom is -0.462 e. The molecule has 0 unspecified atom stereocenters. The fraction of sp³-hybridized carbons (Fsp3) is 0.105. The van der Waals surface area contributed by atoms with Crippen molar-refractivity contribution in [3.8, 4) is 17.1 Å². The second-order valence-electron chi connectivity index (χ2n) is 5.82. The van der Waals surface area contributed by atoms with Gasteiger partial charge in [-0.15, -0.1) is 0 Å². The summed E-state index contributed by atoms with van der Waals surface area (Å²) >= 11 is 6.00. The predicted molar refractivity (Wildman–Crippen MR) is 105 cm³/mol. The van der Waals surface area contributed by atoms with Crippen LogP contribution >= 0.6 is 11.6 Å². The number of imidazole rings is 1. The van der Waals surface area contributed by atoms with Gasteiger partial charge in [0, 0.05) is 11.9 Å². The number of halogens is 1. The molecular weight excluding hydrogens is 380 g/mol. The third-order valence-corrected chi connectivity index (χ3v) is 4.27. The van der Waals surface area contributed by atoms with Gasteiger partial charge < -0.3 is 10.5 Å². The van der Waals surface area contributed by atoms with Crippen molar-refractivity contribution in [1.82, 2.24) is 24.5 Å². The maximum absolute atomic E-state index is 11.9. The van der Waals surface area contributed by atoms with Gasteiger partial charge in [-0.05, 0) is 54.9 Å². The van der Waals surface area contributed by atoms with Crippen molar-refractivity contribution < 1.29 is 9.53 Å². The summed E-state index contributed by atoms with van der Waals surface area (Å²) in [4.78, 5) is 29.0. The van der Waals surface area contributed by atoms with Gasteiger partial charge in [-0.3, -0.25) is 4.57 Å². The van der Waals surface area contributed by atoms with Gasteiger partial charge in [0.25, 0.3) is 0 Å². The van der Waals surface area contributed by atoms with E-state index in [-0.39, 0.29) is 11.3 Å². The predicted octanol–water partition coefficient (Wildman–Crippen LogP) is 3.29. The summed E-state index contributed by atoms with van der Waals surface area (Å²) in [7, 11) is 0. The van der Waals surface area contributed by atoms with E-state index in [1.54, 1.807) is 54.2 Å². The number of nitrogen functional groups attached to an aromatic ring is 1. The summed E-state index contributed by atoms with van der Waals surface area (Å²) in [6, 6.07) is 10.5. The molecule has 0 amide bonds. The molecule has 0 bridgehead atoms. The largest absolute Gasteiger partial charge is 0.462 e. The molecular formula is C19H15ClN6O2.